The normalized spacial score (nSPS) is 16.4. The molecule has 0 amide bonds. The molecule has 3 aromatic heterocycles. The van der Waals surface area contributed by atoms with E-state index in [4.69, 9.17) is 4.74 Å². The molecule has 9 aromatic carbocycles. The van der Waals surface area contributed by atoms with Crippen molar-refractivity contribution in [3.8, 4) is 45.1 Å². The van der Waals surface area contributed by atoms with E-state index in [1.54, 1.807) is 0 Å². The van der Waals surface area contributed by atoms with Gasteiger partial charge in [-0.05, 0) is 143 Å². The predicted molar refractivity (Wildman–Crippen MR) is 286 cm³/mol. The molecule has 4 heterocycles. The quantitative estimate of drug-likeness (QED) is 0.163. The van der Waals surface area contributed by atoms with Crippen molar-refractivity contribution in [2.45, 2.75) is 18.4 Å². The molecule has 0 fully saturated rings. The molecule has 4 nitrogen and oxygen atoms in total. The number of fused-ring (bicyclic) bond motifs is 10. The monoisotopic (exact) mass is 935 g/mol. The Morgan fingerprint density at radius 2 is 1.09 bits per heavy atom. The lowest BCUT2D eigenvalue weighted by atomic mass is 9.74. The van der Waals surface area contributed by atoms with Gasteiger partial charge in [-0.15, -0.1) is 0 Å². The topological polar surface area (TPSA) is 24.0 Å². The Morgan fingerprint density at radius 3 is 1.81 bits per heavy atom. The fourth-order valence-corrected chi connectivity index (χ4v) is 11.8. The smallest absolute Gasteiger partial charge is 0.148 e. The van der Waals surface area contributed by atoms with Crippen LogP contribution in [0.15, 0.2) is 235 Å². The average molecular weight is 937 g/mol. The number of hydrogen-bond acceptors (Lipinski definition) is 1. The fraction of sp³-hybridized carbons (Fsp3) is 0.0476. The highest BCUT2D eigenvalue weighted by molar-refractivity contribution is 9.10. The molecule has 68 heavy (non-hydrogen) atoms. The minimum absolute atomic E-state index is 0.0923. The second-order valence-corrected chi connectivity index (χ2v) is 19.4. The van der Waals surface area contributed by atoms with E-state index in [0.29, 0.717) is 0 Å². The van der Waals surface area contributed by atoms with Crippen LogP contribution in [0.25, 0.3) is 99.4 Å². The number of aromatic nitrogens is 3. The zero-order valence-electron chi connectivity index (χ0n) is 37.1. The predicted octanol–water partition coefficient (Wildman–Crippen LogP) is 16.6. The van der Waals surface area contributed by atoms with E-state index in [2.05, 4.69) is 267 Å². The second kappa shape index (κ2) is 14.9. The summed E-state index contributed by atoms with van der Waals surface area (Å²) in [5.74, 6) is 0.943. The van der Waals surface area contributed by atoms with Crippen LogP contribution in [-0.2, 0) is 5.41 Å². The highest BCUT2D eigenvalue weighted by Crippen LogP contribution is 2.51. The van der Waals surface area contributed by atoms with Gasteiger partial charge >= 0.3 is 0 Å². The second-order valence-electron chi connectivity index (χ2n) is 18.5. The molecular weight excluding hydrogens is 895 g/mol. The minimum Gasteiger partial charge on any atom is -0.483 e. The van der Waals surface area contributed by atoms with Gasteiger partial charge in [-0.1, -0.05) is 137 Å². The molecule has 0 saturated carbocycles. The summed E-state index contributed by atoms with van der Waals surface area (Å²) < 4.78 is 15.1. The number of halogens is 1. The van der Waals surface area contributed by atoms with E-state index in [0.717, 1.165) is 55.0 Å². The molecule has 322 valence electrons. The van der Waals surface area contributed by atoms with Crippen LogP contribution in [0, 0.1) is 0 Å². The van der Waals surface area contributed by atoms with Gasteiger partial charge in [0.2, 0.25) is 0 Å². The Labute approximate surface area is 402 Å². The molecule has 2 unspecified atom stereocenters. The summed E-state index contributed by atoms with van der Waals surface area (Å²) >= 11 is 3.94. The molecule has 0 bridgehead atoms. The SMILES string of the molecule is CC12C=C(c3ccccc3)C=CC1Oc1c(-n3c4ccccc4c4cc(-c5cc(Br)cc(-c6ccc7c(c6)c6ccccc6n7-c6ccc7c(ccn7-c7ccccc7)c6)c5)ccc43)cccc12. The van der Waals surface area contributed by atoms with Crippen molar-refractivity contribution >= 4 is 76.0 Å². The number of nitrogens with zero attached hydrogens (tertiary/aromatic N) is 3. The third kappa shape index (κ3) is 5.92. The summed E-state index contributed by atoms with van der Waals surface area (Å²) in [4.78, 5) is 0. The van der Waals surface area contributed by atoms with E-state index >= 15 is 0 Å². The Bertz CT molecular complexity index is 4100. The molecule has 2 atom stereocenters. The molecule has 14 rings (SSSR count). The Balaban J connectivity index is 0.851. The van der Waals surface area contributed by atoms with E-state index < -0.39 is 0 Å². The lowest BCUT2D eigenvalue weighted by Gasteiger charge is -2.29. The van der Waals surface area contributed by atoms with Crippen LogP contribution in [0.5, 0.6) is 5.75 Å². The first-order valence-electron chi connectivity index (χ1n) is 23.3. The molecule has 0 saturated heterocycles. The van der Waals surface area contributed by atoms with Gasteiger partial charge in [0.15, 0.2) is 0 Å². The van der Waals surface area contributed by atoms with E-state index in [-0.39, 0.29) is 11.5 Å². The summed E-state index contributed by atoms with van der Waals surface area (Å²) in [6.07, 6.45) is 8.92. The first-order valence-corrected chi connectivity index (χ1v) is 24.1. The van der Waals surface area contributed by atoms with Crippen molar-refractivity contribution in [1.29, 1.82) is 0 Å². The van der Waals surface area contributed by atoms with Gasteiger partial charge in [0.25, 0.3) is 0 Å². The van der Waals surface area contributed by atoms with Crippen molar-refractivity contribution in [2.75, 3.05) is 0 Å². The Hall–Kier alpha value is -8.12. The number of para-hydroxylation sites is 4. The van der Waals surface area contributed by atoms with Crippen molar-refractivity contribution < 1.29 is 4.74 Å². The van der Waals surface area contributed by atoms with Crippen LogP contribution < -0.4 is 4.74 Å². The van der Waals surface area contributed by atoms with E-state index in [9.17, 15) is 0 Å². The van der Waals surface area contributed by atoms with Gasteiger partial charge < -0.3 is 18.4 Å². The third-order valence-electron chi connectivity index (χ3n) is 14.5. The van der Waals surface area contributed by atoms with Crippen LogP contribution >= 0.6 is 15.9 Å². The Morgan fingerprint density at radius 1 is 0.471 bits per heavy atom. The third-order valence-corrected chi connectivity index (χ3v) is 15.0. The van der Waals surface area contributed by atoms with Crippen molar-refractivity contribution in [3.05, 3.63) is 246 Å². The first-order chi connectivity index (χ1) is 33.5. The van der Waals surface area contributed by atoms with Crippen molar-refractivity contribution in [2.24, 2.45) is 0 Å². The fourth-order valence-electron chi connectivity index (χ4n) is 11.3. The maximum absolute atomic E-state index is 6.96. The molecule has 0 radical (unpaired) electrons. The first kappa shape index (κ1) is 39.1. The van der Waals surface area contributed by atoms with Gasteiger partial charge in [-0.3, -0.25) is 0 Å². The summed E-state index contributed by atoms with van der Waals surface area (Å²) in [5.41, 5.74) is 17.2. The maximum atomic E-state index is 6.96. The summed E-state index contributed by atoms with van der Waals surface area (Å²) in [5, 5.41) is 6.07. The van der Waals surface area contributed by atoms with E-state index in [1.807, 2.05) is 0 Å². The minimum atomic E-state index is -0.303. The highest BCUT2D eigenvalue weighted by atomic mass is 79.9. The van der Waals surface area contributed by atoms with Gasteiger partial charge in [0, 0.05) is 54.5 Å². The summed E-state index contributed by atoms with van der Waals surface area (Å²) in [6.45, 7) is 2.31. The average Bonchev–Trinajstić information content (AvgIpc) is 4.14. The zero-order valence-corrected chi connectivity index (χ0v) is 38.7. The number of ether oxygens (including phenoxy) is 1. The van der Waals surface area contributed by atoms with Crippen LogP contribution in [0.2, 0.25) is 0 Å². The number of rotatable bonds is 6. The lowest BCUT2D eigenvalue weighted by Crippen LogP contribution is -2.33. The maximum Gasteiger partial charge on any atom is 0.148 e. The zero-order chi connectivity index (χ0) is 45.1. The molecule has 2 aliphatic rings. The highest BCUT2D eigenvalue weighted by Gasteiger charge is 2.45. The standard InChI is InChI=1S/C63H42BrN3O/c1-63-39-44(40-13-4-2-5-14-40)25-30-61(63)68-62-54(63)19-12-22-60(62)67-57-21-11-9-18-51(57)53-38-42(24-28-59(53)67)46-33-45(34-47(64)35-46)41-23-27-58-52(37-41)50-17-8-10-20-56(50)66(58)49-26-29-55-43(36-49)31-32-65(55)48-15-6-3-7-16-48/h2-39,61H,1H3. The molecule has 12 aromatic rings. The van der Waals surface area contributed by atoms with Crippen LogP contribution in [0.3, 0.4) is 0 Å². The number of allylic oxidation sites excluding steroid dienone is 2. The number of hydrogen-bond donors (Lipinski definition) is 0. The van der Waals surface area contributed by atoms with Gasteiger partial charge in [0.1, 0.15) is 11.9 Å². The van der Waals surface area contributed by atoms with Crippen molar-refractivity contribution in [3.63, 3.8) is 0 Å². The molecular formula is C63H42BrN3O. The number of benzene rings is 9. The lowest BCUT2D eigenvalue weighted by molar-refractivity contribution is 0.228. The molecule has 1 aliphatic heterocycles. The van der Waals surface area contributed by atoms with Crippen LogP contribution in [-0.4, -0.2) is 19.8 Å². The largest absolute Gasteiger partial charge is 0.483 e. The molecule has 0 spiro atoms. The molecule has 1 aliphatic carbocycles. The molecule has 0 N–H and O–H groups in total. The Kier molecular flexibility index (Phi) is 8.59. The summed E-state index contributed by atoms with van der Waals surface area (Å²) in [7, 11) is 0. The van der Waals surface area contributed by atoms with Gasteiger partial charge in [0.05, 0.1) is 38.7 Å². The van der Waals surface area contributed by atoms with Crippen molar-refractivity contribution in [1.82, 2.24) is 13.7 Å². The summed E-state index contributed by atoms with van der Waals surface area (Å²) in [6, 6.07) is 75.0. The van der Waals surface area contributed by atoms with Crippen LogP contribution in [0.4, 0.5) is 0 Å². The van der Waals surface area contributed by atoms with E-state index in [1.165, 1.54) is 65.7 Å². The molecule has 5 heteroatoms. The van der Waals surface area contributed by atoms with Gasteiger partial charge in [-0.25, -0.2) is 0 Å². The van der Waals surface area contributed by atoms with Gasteiger partial charge in [-0.2, -0.15) is 0 Å². The van der Waals surface area contributed by atoms with Crippen LogP contribution in [0.1, 0.15) is 18.1 Å².